The van der Waals surface area contributed by atoms with Crippen LogP contribution in [-0.4, -0.2) is 55.0 Å². The van der Waals surface area contributed by atoms with Gasteiger partial charge < -0.3 is 25.2 Å². The van der Waals surface area contributed by atoms with Gasteiger partial charge in [0, 0.05) is 18.9 Å². The molecule has 0 radical (unpaired) electrons. The highest BCUT2D eigenvalue weighted by Gasteiger charge is 2.37. The fourth-order valence-electron chi connectivity index (χ4n) is 5.22. The highest BCUT2D eigenvalue weighted by Crippen LogP contribution is 2.44. The molecule has 4 rings (SSSR count). The van der Waals surface area contributed by atoms with Crippen LogP contribution >= 0.6 is 0 Å². The van der Waals surface area contributed by atoms with E-state index >= 15 is 0 Å². The molecule has 0 spiro atoms. The Morgan fingerprint density at radius 3 is 2.20 bits per heavy atom. The first-order valence-electron chi connectivity index (χ1n) is 12.2. The number of benzene rings is 2. The van der Waals surface area contributed by atoms with E-state index in [1.165, 1.54) is 11.1 Å². The average molecular weight is 481 g/mol. The smallest absolute Gasteiger partial charge is 0.407 e. The molecule has 0 saturated heterocycles. The zero-order valence-electron chi connectivity index (χ0n) is 19.8. The number of carboxylic acid groups (broad SMARTS) is 1. The van der Waals surface area contributed by atoms with Crippen LogP contribution in [0.5, 0.6) is 0 Å². The Kier molecular flexibility index (Phi) is 8.02. The van der Waals surface area contributed by atoms with Crippen molar-refractivity contribution in [3.8, 4) is 11.1 Å². The molecule has 2 aromatic carbocycles. The van der Waals surface area contributed by atoms with E-state index < -0.39 is 24.2 Å². The molecule has 8 nitrogen and oxygen atoms in total. The maximum absolute atomic E-state index is 12.9. The van der Waals surface area contributed by atoms with Crippen molar-refractivity contribution in [1.29, 1.82) is 0 Å². The van der Waals surface area contributed by atoms with Gasteiger partial charge in [0.15, 0.2) is 0 Å². The third-order valence-electron chi connectivity index (χ3n) is 6.81. The van der Waals surface area contributed by atoms with E-state index in [9.17, 15) is 14.4 Å². The number of aliphatic carboxylic acids is 1. The number of hydrogen-bond acceptors (Lipinski definition) is 5. The number of amides is 2. The normalized spacial score (nSPS) is 16.1. The van der Waals surface area contributed by atoms with Crippen molar-refractivity contribution in [2.75, 3.05) is 26.4 Å². The van der Waals surface area contributed by atoms with Gasteiger partial charge in [-0.1, -0.05) is 67.8 Å². The van der Waals surface area contributed by atoms with Gasteiger partial charge in [-0.3, -0.25) is 4.79 Å². The molecule has 8 heteroatoms. The second kappa shape index (κ2) is 11.4. The summed E-state index contributed by atoms with van der Waals surface area (Å²) in [6.45, 7) is 0.157. The molecule has 1 saturated carbocycles. The minimum Gasteiger partial charge on any atom is -0.480 e. The van der Waals surface area contributed by atoms with Gasteiger partial charge in [0.05, 0.1) is 12.1 Å². The Morgan fingerprint density at radius 2 is 1.57 bits per heavy atom. The number of fused-ring (bicyclic) bond motifs is 3. The monoisotopic (exact) mass is 480 g/mol. The van der Waals surface area contributed by atoms with Crippen molar-refractivity contribution < 1.29 is 29.0 Å². The third kappa shape index (κ3) is 6.19. The van der Waals surface area contributed by atoms with E-state index in [4.69, 9.17) is 14.6 Å². The summed E-state index contributed by atoms with van der Waals surface area (Å²) in [5.41, 5.74) is 4.00. The van der Waals surface area contributed by atoms with Gasteiger partial charge in [-0.15, -0.1) is 0 Å². The molecule has 0 aromatic heterocycles. The molecule has 2 amide bonds. The van der Waals surface area contributed by atoms with Crippen LogP contribution in [0, 0.1) is 0 Å². The number of hydrogen-bond donors (Lipinski definition) is 3. The average Bonchev–Trinajstić information content (AvgIpc) is 3.16. The Labute approximate surface area is 205 Å². The summed E-state index contributed by atoms with van der Waals surface area (Å²) in [6.07, 6.45) is 3.98. The molecule has 2 aromatic rings. The zero-order chi connectivity index (χ0) is 24.7. The lowest BCUT2D eigenvalue weighted by Gasteiger charge is -2.37. The first-order chi connectivity index (χ1) is 17.0. The molecule has 35 heavy (non-hydrogen) atoms. The van der Waals surface area contributed by atoms with Crippen molar-refractivity contribution in [3.63, 3.8) is 0 Å². The Balaban J connectivity index is 1.34. The molecule has 0 atom stereocenters. The highest BCUT2D eigenvalue weighted by atomic mass is 16.5. The molecule has 1 fully saturated rings. The summed E-state index contributed by atoms with van der Waals surface area (Å²) in [6, 6.07) is 16.4. The van der Waals surface area contributed by atoms with Gasteiger partial charge in [0.1, 0.15) is 13.2 Å². The van der Waals surface area contributed by atoms with E-state index in [2.05, 4.69) is 34.9 Å². The van der Waals surface area contributed by atoms with Gasteiger partial charge in [0.25, 0.3) is 0 Å². The van der Waals surface area contributed by atoms with Crippen molar-refractivity contribution in [1.82, 2.24) is 10.6 Å². The second-order valence-electron chi connectivity index (χ2n) is 9.26. The van der Waals surface area contributed by atoms with E-state index in [0.29, 0.717) is 12.8 Å². The summed E-state index contributed by atoms with van der Waals surface area (Å²) in [5.74, 6) is -1.28. The predicted molar refractivity (Wildman–Crippen MR) is 130 cm³/mol. The molecule has 0 unspecified atom stereocenters. The summed E-state index contributed by atoms with van der Waals surface area (Å²) in [5, 5.41) is 14.4. The molecular formula is C27H32N2O6. The molecule has 2 aliphatic rings. The highest BCUT2D eigenvalue weighted by molar-refractivity contribution is 5.80. The van der Waals surface area contributed by atoms with E-state index in [0.717, 1.165) is 30.4 Å². The molecule has 0 bridgehead atoms. The van der Waals surface area contributed by atoms with Gasteiger partial charge in [-0.25, -0.2) is 9.59 Å². The van der Waals surface area contributed by atoms with Crippen molar-refractivity contribution in [2.45, 2.75) is 50.0 Å². The van der Waals surface area contributed by atoms with E-state index in [1.807, 2.05) is 24.3 Å². The lowest BCUT2D eigenvalue weighted by atomic mass is 9.79. The Morgan fingerprint density at radius 1 is 0.943 bits per heavy atom. The van der Waals surface area contributed by atoms with E-state index in [-0.39, 0.29) is 38.0 Å². The zero-order valence-corrected chi connectivity index (χ0v) is 19.8. The van der Waals surface area contributed by atoms with Gasteiger partial charge >= 0.3 is 12.1 Å². The SMILES string of the molecule is O=C(O)COCCNC(=O)CC1(NC(=O)OCC2c3ccccc3-c3ccccc32)CCCCC1. The van der Waals surface area contributed by atoms with Crippen LogP contribution in [0.1, 0.15) is 55.6 Å². The topological polar surface area (TPSA) is 114 Å². The summed E-state index contributed by atoms with van der Waals surface area (Å²) < 4.78 is 10.7. The minimum atomic E-state index is -1.05. The molecule has 0 aliphatic heterocycles. The Bertz CT molecular complexity index is 1020. The predicted octanol–water partition coefficient (Wildman–Crippen LogP) is 3.84. The van der Waals surface area contributed by atoms with Crippen LogP contribution in [0.3, 0.4) is 0 Å². The first-order valence-corrected chi connectivity index (χ1v) is 12.2. The standard InChI is InChI=1S/C27H32N2O6/c30-24(28-14-15-34-18-25(31)32)16-27(12-6-1-7-13-27)29-26(33)35-17-23-21-10-4-2-8-19(21)20-9-3-5-11-22(20)23/h2-5,8-11,23H,1,6-7,12-18H2,(H,28,30)(H,29,33)(H,31,32). The van der Waals surface area contributed by atoms with Crippen LogP contribution in [0.4, 0.5) is 4.79 Å². The third-order valence-corrected chi connectivity index (χ3v) is 6.81. The van der Waals surface area contributed by atoms with Crippen LogP contribution in [0.2, 0.25) is 0 Å². The number of rotatable bonds is 10. The van der Waals surface area contributed by atoms with Gasteiger partial charge in [0.2, 0.25) is 5.91 Å². The Hall–Kier alpha value is -3.39. The molecular weight excluding hydrogens is 448 g/mol. The van der Waals surface area contributed by atoms with Gasteiger partial charge in [-0.05, 0) is 35.1 Å². The van der Waals surface area contributed by atoms with Crippen LogP contribution in [-0.2, 0) is 19.1 Å². The quantitative estimate of drug-likeness (QED) is 0.445. The number of nitrogens with one attached hydrogen (secondary N) is 2. The van der Waals surface area contributed by atoms with Crippen LogP contribution < -0.4 is 10.6 Å². The molecule has 3 N–H and O–H groups in total. The number of carbonyl (C=O) groups is 3. The molecule has 186 valence electrons. The van der Waals surface area contributed by atoms with Crippen molar-refractivity contribution in [3.05, 3.63) is 59.7 Å². The lowest BCUT2D eigenvalue weighted by Crippen LogP contribution is -2.52. The summed E-state index contributed by atoms with van der Waals surface area (Å²) in [7, 11) is 0. The van der Waals surface area contributed by atoms with Crippen molar-refractivity contribution in [2.24, 2.45) is 0 Å². The fourth-order valence-corrected chi connectivity index (χ4v) is 5.22. The maximum atomic E-state index is 12.9. The van der Waals surface area contributed by atoms with Crippen LogP contribution in [0.15, 0.2) is 48.5 Å². The maximum Gasteiger partial charge on any atom is 0.407 e. The summed E-state index contributed by atoms with van der Waals surface area (Å²) >= 11 is 0. The first kappa shape index (κ1) is 24.7. The number of carbonyl (C=O) groups excluding carboxylic acids is 2. The lowest BCUT2D eigenvalue weighted by molar-refractivity contribution is -0.142. The van der Waals surface area contributed by atoms with Crippen molar-refractivity contribution >= 4 is 18.0 Å². The number of alkyl carbamates (subject to hydrolysis) is 1. The number of ether oxygens (including phenoxy) is 2. The summed E-state index contributed by atoms with van der Waals surface area (Å²) in [4.78, 5) is 36.0. The minimum absolute atomic E-state index is 0.0236. The fraction of sp³-hybridized carbons (Fsp3) is 0.444. The molecule has 2 aliphatic carbocycles. The largest absolute Gasteiger partial charge is 0.480 e. The van der Waals surface area contributed by atoms with E-state index in [1.54, 1.807) is 0 Å². The van der Waals surface area contributed by atoms with Crippen LogP contribution in [0.25, 0.3) is 11.1 Å². The molecule has 0 heterocycles. The van der Waals surface area contributed by atoms with Gasteiger partial charge in [-0.2, -0.15) is 0 Å². The number of carboxylic acids is 1. The second-order valence-corrected chi connectivity index (χ2v) is 9.26.